The van der Waals surface area contributed by atoms with Gasteiger partial charge in [-0.3, -0.25) is 4.79 Å². The van der Waals surface area contributed by atoms with Crippen LogP contribution < -0.4 is 10.6 Å². The summed E-state index contributed by atoms with van der Waals surface area (Å²) in [4.78, 5) is 12.7. The number of morpholine rings is 1. The zero-order valence-corrected chi connectivity index (χ0v) is 19.9. The number of nitrogens with zero attached hydrogens (tertiary/aromatic N) is 1. The van der Waals surface area contributed by atoms with E-state index in [1.807, 2.05) is 49.4 Å². The largest absolute Gasteiger partial charge is 0.379 e. The van der Waals surface area contributed by atoms with E-state index in [1.54, 1.807) is 24.3 Å². The zero-order chi connectivity index (χ0) is 24.0. The number of hydrogen-bond donors (Lipinski definition) is 2. The van der Waals surface area contributed by atoms with Crippen LogP contribution in [0.25, 0.3) is 11.1 Å². The average molecular weight is 480 g/mol. The van der Waals surface area contributed by atoms with Gasteiger partial charge in [0.2, 0.25) is 15.9 Å². The summed E-state index contributed by atoms with van der Waals surface area (Å²) in [6.07, 6.45) is 0. The molecule has 0 radical (unpaired) electrons. The second kappa shape index (κ2) is 10.8. The molecular formula is C26H29N3O4S. The first-order valence-electron chi connectivity index (χ1n) is 11.3. The van der Waals surface area contributed by atoms with Gasteiger partial charge in [-0.05, 0) is 41.8 Å². The highest BCUT2D eigenvalue weighted by molar-refractivity contribution is 7.89. The molecule has 0 bridgehead atoms. The number of hydrogen-bond acceptors (Lipinski definition) is 5. The second-order valence-corrected chi connectivity index (χ2v) is 10.1. The number of anilines is 1. The standard InChI is InChI=1S/C26H29N3O4S/c1-20(21-10-12-23(13-11-21)22-6-3-2-4-7-22)28-26(30)19-27-24-8-5-9-25(18-24)34(31,32)29-14-16-33-17-15-29/h2-13,18,20,27H,14-17,19H2,1H3,(H,28,30). The van der Waals surface area contributed by atoms with Crippen LogP contribution in [0.2, 0.25) is 0 Å². The predicted octanol–water partition coefficient (Wildman–Crippen LogP) is 3.66. The summed E-state index contributed by atoms with van der Waals surface area (Å²) in [6.45, 7) is 3.44. The highest BCUT2D eigenvalue weighted by Gasteiger charge is 2.26. The molecule has 1 fully saturated rings. The molecule has 178 valence electrons. The minimum atomic E-state index is -3.59. The van der Waals surface area contributed by atoms with E-state index in [2.05, 4.69) is 22.8 Å². The Morgan fingerprint density at radius 3 is 2.32 bits per heavy atom. The molecule has 8 heteroatoms. The molecule has 1 atom stereocenters. The molecule has 0 aliphatic carbocycles. The van der Waals surface area contributed by atoms with E-state index >= 15 is 0 Å². The van der Waals surface area contributed by atoms with Gasteiger partial charge in [0.1, 0.15) is 0 Å². The quantitative estimate of drug-likeness (QED) is 0.515. The predicted molar refractivity (Wildman–Crippen MR) is 133 cm³/mol. The topological polar surface area (TPSA) is 87.7 Å². The van der Waals surface area contributed by atoms with Crippen LogP contribution in [0.5, 0.6) is 0 Å². The number of rotatable bonds is 8. The first-order valence-corrected chi connectivity index (χ1v) is 12.7. The number of carbonyl (C=O) groups is 1. The number of nitrogens with one attached hydrogen (secondary N) is 2. The summed E-state index contributed by atoms with van der Waals surface area (Å²) in [5.41, 5.74) is 3.85. The second-order valence-electron chi connectivity index (χ2n) is 8.18. The molecule has 3 aromatic carbocycles. The molecule has 1 aliphatic rings. The van der Waals surface area contributed by atoms with Gasteiger partial charge >= 0.3 is 0 Å². The maximum absolute atomic E-state index is 12.9. The van der Waals surface area contributed by atoms with Crippen molar-refractivity contribution in [2.45, 2.75) is 17.9 Å². The molecule has 2 N–H and O–H groups in total. The summed E-state index contributed by atoms with van der Waals surface area (Å²) >= 11 is 0. The number of ether oxygens (including phenoxy) is 1. The first-order chi connectivity index (χ1) is 16.4. The summed E-state index contributed by atoms with van der Waals surface area (Å²) in [5, 5.41) is 6.01. The van der Waals surface area contributed by atoms with Crippen molar-refractivity contribution in [3.8, 4) is 11.1 Å². The van der Waals surface area contributed by atoms with Crippen LogP contribution in [0.15, 0.2) is 83.8 Å². The fourth-order valence-corrected chi connectivity index (χ4v) is 5.31. The Hall–Kier alpha value is -3.20. The lowest BCUT2D eigenvalue weighted by Gasteiger charge is -2.26. The van der Waals surface area contributed by atoms with Crippen LogP contribution in [0.3, 0.4) is 0 Å². The summed E-state index contributed by atoms with van der Waals surface area (Å²) < 4.78 is 32.4. The van der Waals surface area contributed by atoms with Crippen molar-refractivity contribution >= 4 is 21.6 Å². The van der Waals surface area contributed by atoms with Crippen LogP contribution in [0, 0.1) is 0 Å². The maximum Gasteiger partial charge on any atom is 0.243 e. The summed E-state index contributed by atoms with van der Waals surface area (Å²) in [5.74, 6) is -0.180. The van der Waals surface area contributed by atoms with Gasteiger partial charge in [-0.2, -0.15) is 4.31 Å². The monoisotopic (exact) mass is 479 g/mol. The van der Waals surface area contributed by atoms with Crippen molar-refractivity contribution in [3.63, 3.8) is 0 Å². The molecule has 0 saturated carbocycles. The van der Waals surface area contributed by atoms with Gasteiger partial charge in [0.15, 0.2) is 0 Å². The Labute approximate surface area is 200 Å². The van der Waals surface area contributed by atoms with Crippen molar-refractivity contribution in [1.82, 2.24) is 9.62 Å². The fourth-order valence-electron chi connectivity index (χ4n) is 3.86. The van der Waals surface area contributed by atoms with Crippen LogP contribution >= 0.6 is 0 Å². The molecule has 1 amide bonds. The molecule has 4 rings (SSSR count). The number of carbonyl (C=O) groups excluding carboxylic acids is 1. The average Bonchev–Trinajstić information content (AvgIpc) is 2.89. The highest BCUT2D eigenvalue weighted by atomic mass is 32.2. The minimum absolute atomic E-state index is 0.0352. The zero-order valence-electron chi connectivity index (χ0n) is 19.1. The van der Waals surface area contributed by atoms with E-state index in [9.17, 15) is 13.2 Å². The molecule has 0 aromatic heterocycles. The van der Waals surface area contributed by atoms with Crippen LogP contribution in [-0.2, 0) is 19.6 Å². The Kier molecular flexibility index (Phi) is 7.62. The van der Waals surface area contributed by atoms with E-state index < -0.39 is 10.0 Å². The first kappa shape index (κ1) is 23.9. The molecule has 1 heterocycles. The van der Waals surface area contributed by atoms with Crippen LogP contribution in [0.1, 0.15) is 18.5 Å². The third-order valence-electron chi connectivity index (χ3n) is 5.79. The number of sulfonamides is 1. The molecule has 7 nitrogen and oxygen atoms in total. The minimum Gasteiger partial charge on any atom is -0.379 e. The lowest BCUT2D eigenvalue weighted by Crippen LogP contribution is -2.40. The Morgan fingerprint density at radius 1 is 0.941 bits per heavy atom. The van der Waals surface area contributed by atoms with Crippen LogP contribution in [-0.4, -0.2) is 51.5 Å². The molecule has 1 unspecified atom stereocenters. The smallest absolute Gasteiger partial charge is 0.243 e. The molecule has 1 saturated heterocycles. The fraction of sp³-hybridized carbons (Fsp3) is 0.269. The van der Waals surface area contributed by atoms with Gasteiger partial charge in [0.05, 0.1) is 30.7 Å². The van der Waals surface area contributed by atoms with E-state index in [-0.39, 0.29) is 23.4 Å². The van der Waals surface area contributed by atoms with Gasteiger partial charge in [-0.1, -0.05) is 60.7 Å². The van der Waals surface area contributed by atoms with Gasteiger partial charge < -0.3 is 15.4 Å². The molecule has 34 heavy (non-hydrogen) atoms. The molecule has 3 aromatic rings. The highest BCUT2D eigenvalue weighted by Crippen LogP contribution is 2.22. The van der Waals surface area contributed by atoms with Crippen molar-refractivity contribution < 1.29 is 17.9 Å². The van der Waals surface area contributed by atoms with Crippen molar-refractivity contribution in [3.05, 3.63) is 84.4 Å². The third kappa shape index (κ3) is 5.83. The Morgan fingerprint density at radius 2 is 1.62 bits per heavy atom. The van der Waals surface area contributed by atoms with Gasteiger partial charge in [-0.15, -0.1) is 0 Å². The lowest BCUT2D eigenvalue weighted by molar-refractivity contribution is -0.120. The molecule has 1 aliphatic heterocycles. The van der Waals surface area contributed by atoms with E-state index in [1.165, 1.54) is 4.31 Å². The van der Waals surface area contributed by atoms with Crippen molar-refractivity contribution in [2.24, 2.45) is 0 Å². The number of benzene rings is 3. The van der Waals surface area contributed by atoms with E-state index in [0.717, 1.165) is 16.7 Å². The van der Waals surface area contributed by atoms with Gasteiger partial charge in [-0.25, -0.2) is 8.42 Å². The third-order valence-corrected chi connectivity index (χ3v) is 7.68. The van der Waals surface area contributed by atoms with Crippen LogP contribution in [0.4, 0.5) is 5.69 Å². The van der Waals surface area contributed by atoms with E-state index in [0.29, 0.717) is 32.0 Å². The summed E-state index contributed by atoms with van der Waals surface area (Å²) in [6, 6.07) is 24.6. The summed E-state index contributed by atoms with van der Waals surface area (Å²) in [7, 11) is -3.59. The SMILES string of the molecule is CC(NC(=O)CNc1cccc(S(=O)(=O)N2CCOCC2)c1)c1ccc(-c2ccccc2)cc1. The Bertz CT molecular complexity index is 1210. The van der Waals surface area contributed by atoms with Crippen molar-refractivity contribution in [1.29, 1.82) is 0 Å². The van der Waals surface area contributed by atoms with Crippen molar-refractivity contribution in [2.75, 3.05) is 38.2 Å². The molecule has 0 spiro atoms. The van der Waals surface area contributed by atoms with E-state index in [4.69, 9.17) is 4.74 Å². The lowest BCUT2D eigenvalue weighted by atomic mass is 10.0. The normalized spacial score (nSPS) is 15.4. The Balaban J connectivity index is 1.33. The number of amides is 1. The van der Waals surface area contributed by atoms with Gasteiger partial charge in [0, 0.05) is 18.8 Å². The molecular weight excluding hydrogens is 450 g/mol. The van der Waals surface area contributed by atoms with Gasteiger partial charge in [0.25, 0.3) is 0 Å². The maximum atomic E-state index is 12.9.